The molecular formula is C39H30BNO. The predicted molar refractivity (Wildman–Crippen MR) is 176 cm³/mol. The van der Waals surface area contributed by atoms with Gasteiger partial charge in [-0.05, 0) is 59.8 Å². The average molecular weight is 539 g/mol. The summed E-state index contributed by atoms with van der Waals surface area (Å²) in [6.07, 6.45) is 0. The van der Waals surface area contributed by atoms with Gasteiger partial charge in [0, 0.05) is 11.1 Å². The van der Waals surface area contributed by atoms with Crippen molar-refractivity contribution in [2.24, 2.45) is 0 Å². The van der Waals surface area contributed by atoms with Crippen LogP contribution in [0.3, 0.4) is 0 Å². The molecule has 0 aliphatic carbocycles. The zero-order valence-corrected chi connectivity index (χ0v) is 24.1. The third kappa shape index (κ3) is 3.19. The lowest BCUT2D eigenvalue weighted by Gasteiger charge is -2.47. The van der Waals surface area contributed by atoms with Crippen LogP contribution in [0.5, 0.6) is 0 Å². The number of hydrogen-bond acceptors (Lipinski definition) is 1. The van der Waals surface area contributed by atoms with Crippen LogP contribution < -0.4 is 21.3 Å². The lowest BCUT2D eigenvalue weighted by atomic mass is 9.33. The molecule has 0 unspecified atom stereocenters. The number of anilines is 2. The summed E-state index contributed by atoms with van der Waals surface area (Å²) in [6.45, 7) is 6.64. The van der Waals surface area contributed by atoms with Gasteiger partial charge in [-0.15, -0.1) is 0 Å². The normalized spacial score (nSPS) is 14.7. The maximum absolute atomic E-state index is 15.6. The summed E-state index contributed by atoms with van der Waals surface area (Å²) in [4.78, 5) is 17.6. The van der Waals surface area contributed by atoms with Crippen molar-refractivity contribution in [1.29, 1.82) is 0 Å². The number of fused-ring (bicyclic) bond motifs is 2. The molecule has 0 saturated carbocycles. The molecule has 0 aromatic heterocycles. The fourth-order valence-electron chi connectivity index (χ4n) is 7.94. The molecule has 6 aromatic carbocycles. The lowest BCUT2D eigenvalue weighted by Crippen LogP contribution is -2.63. The number of para-hydroxylation sites is 1. The van der Waals surface area contributed by atoms with E-state index in [2.05, 4.69) is 117 Å². The first-order valence-electron chi connectivity index (χ1n) is 14.7. The highest BCUT2D eigenvalue weighted by molar-refractivity contribution is 6.98. The molecule has 42 heavy (non-hydrogen) atoms. The van der Waals surface area contributed by atoms with Gasteiger partial charge < -0.3 is 0 Å². The average Bonchev–Trinajstić information content (AvgIpc) is 3.01. The van der Waals surface area contributed by atoms with E-state index in [4.69, 9.17) is 0 Å². The van der Waals surface area contributed by atoms with E-state index >= 15 is 4.79 Å². The molecule has 0 radical (unpaired) electrons. The second-order valence-corrected chi connectivity index (χ2v) is 11.8. The van der Waals surface area contributed by atoms with E-state index in [-0.39, 0.29) is 12.6 Å². The number of nitrogens with zero attached hydrogens (tertiary/aromatic N) is 1. The highest BCUT2D eigenvalue weighted by Crippen LogP contribution is 2.52. The van der Waals surface area contributed by atoms with E-state index < -0.39 is 5.41 Å². The van der Waals surface area contributed by atoms with E-state index in [1.807, 2.05) is 36.4 Å². The van der Waals surface area contributed by atoms with Crippen molar-refractivity contribution in [3.8, 4) is 0 Å². The number of benzene rings is 6. The van der Waals surface area contributed by atoms with Crippen LogP contribution in [0.1, 0.15) is 33.4 Å². The Balaban J connectivity index is 1.56. The Morgan fingerprint density at radius 3 is 1.90 bits per heavy atom. The molecule has 6 aromatic rings. The highest BCUT2D eigenvalue weighted by Gasteiger charge is 2.54. The monoisotopic (exact) mass is 539 g/mol. The van der Waals surface area contributed by atoms with Crippen molar-refractivity contribution in [1.82, 2.24) is 0 Å². The third-order valence-electron chi connectivity index (χ3n) is 9.44. The molecule has 2 heterocycles. The van der Waals surface area contributed by atoms with Crippen LogP contribution >= 0.6 is 0 Å². The molecule has 1 amide bonds. The number of amides is 1. The standard InChI is InChI=1S/C39H30BNO/c1-25-23-26(2)36(27(3)24-25)40-32-19-10-11-20-34(32)41-37-33(40)22-21-28-13-12-18-31(35(28)37)39(38(41)42,29-14-6-4-7-15-29)30-16-8-5-9-17-30/h4-24H,1-3H3. The number of hydrogen-bond donors (Lipinski definition) is 0. The summed E-state index contributed by atoms with van der Waals surface area (Å²) < 4.78 is 0. The molecule has 0 bridgehead atoms. The van der Waals surface area contributed by atoms with Crippen molar-refractivity contribution >= 4 is 51.2 Å². The maximum atomic E-state index is 15.6. The van der Waals surface area contributed by atoms with Crippen molar-refractivity contribution in [3.63, 3.8) is 0 Å². The SMILES string of the molecule is Cc1cc(C)c(B2c3ccccc3N3C(=O)C(c4ccccc4)(c4ccccc4)c4cccc5ccc2c3c45)c(C)c1. The van der Waals surface area contributed by atoms with Crippen molar-refractivity contribution in [3.05, 3.63) is 161 Å². The van der Waals surface area contributed by atoms with E-state index in [0.717, 1.165) is 38.8 Å². The van der Waals surface area contributed by atoms with E-state index in [1.54, 1.807) is 0 Å². The second-order valence-electron chi connectivity index (χ2n) is 11.8. The number of aryl methyl sites for hydroxylation is 3. The minimum Gasteiger partial charge on any atom is -0.280 e. The van der Waals surface area contributed by atoms with Gasteiger partial charge in [0.2, 0.25) is 6.71 Å². The van der Waals surface area contributed by atoms with Gasteiger partial charge in [0.1, 0.15) is 5.41 Å². The van der Waals surface area contributed by atoms with E-state index in [0.29, 0.717) is 0 Å². The molecule has 200 valence electrons. The Morgan fingerprint density at radius 2 is 1.24 bits per heavy atom. The number of carbonyl (C=O) groups is 1. The summed E-state index contributed by atoms with van der Waals surface area (Å²) in [5, 5.41) is 2.31. The van der Waals surface area contributed by atoms with Crippen LogP contribution in [0, 0.1) is 20.8 Å². The smallest absolute Gasteiger partial charge is 0.251 e. The molecule has 2 aliphatic rings. The molecular weight excluding hydrogens is 509 g/mol. The first-order valence-corrected chi connectivity index (χ1v) is 14.7. The van der Waals surface area contributed by atoms with Crippen LogP contribution in [0.4, 0.5) is 11.4 Å². The maximum Gasteiger partial charge on any atom is 0.251 e. The Kier molecular flexibility index (Phi) is 5.36. The summed E-state index contributed by atoms with van der Waals surface area (Å²) in [5.74, 6) is 0.0654. The minimum absolute atomic E-state index is 0.0271. The minimum atomic E-state index is -0.997. The number of rotatable bonds is 3. The van der Waals surface area contributed by atoms with Crippen molar-refractivity contribution < 1.29 is 4.79 Å². The van der Waals surface area contributed by atoms with Gasteiger partial charge in [0.25, 0.3) is 5.91 Å². The van der Waals surface area contributed by atoms with Crippen LogP contribution in [0.2, 0.25) is 0 Å². The van der Waals surface area contributed by atoms with Gasteiger partial charge in [0.15, 0.2) is 0 Å². The van der Waals surface area contributed by atoms with E-state index in [9.17, 15) is 0 Å². The Hall–Kier alpha value is -4.89. The van der Waals surface area contributed by atoms with Gasteiger partial charge >= 0.3 is 0 Å². The summed E-state index contributed by atoms with van der Waals surface area (Å²) >= 11 is 0. The van der Waals surface area contributed by atoms with Crippen LogP contribution in [-0.2, 0) is 10.2 Å². The number of carbonyl (C=O) groups excluding carboxylic acids is 1. The van der Waals surface area contributed by atoms with Crippen molar-refractivity contribution in [2.75, 3.05) is 4.90 Å². The molecule has 2 nitrogen and oxygen atoms in total. The van der Waals surface area contributed by atoms with Gasteiger partial charge in [-0.25, -0.2) is 0 Å². The Labute approximate surface area is 247 Å². The Morgan fingerprint density at radius 1 is 0.619 bits per heavy atom. The molecule has 0 saturated heterocycles. The summed E-state index contributed by atoms with van der Waals surface area (Å²) in [6, 6.07) is 44.7. The zero-order valence-electron chi connectivity index (χ0n) is 24.1. The molecule has 0 spiro atoms. The van der Waals surface area contributed by atoms with Crippen molar-refractivity contribution in [2.45, 2.75) is 26.2 Å². The van der Waals surface area contributed by atoms with Gasteiger partial charge in [-0.3, -0.25) is 9.69 Å². The van der Waals surface area contributed by atoms with Crippen LogP contribution in [0.15, 0.2) is 127 Å². The molecule has 0 atom stereocenters. The summed E-state index contributed by atoms with van der Waals surface area (Å²) in [5.41, 5.74) is 11.5. The second kappa shape index (κ2) is 9.06. The summed E-state index contributed by atoms with van der Waals surface area (Å²) in [7, 11) is 0. The van der Waals surface area contributed by atoms with Gasteiger partial charge in [-0.2, -0.15) is 0 Å². The molecule has 0 fully saturated rings. The van der Waals surface area contributed by atoms with Crippen LogP contribution in [-0.4, -0.2) is 12.6 Å². The molecule has 8 rings (SSSR count). The zero-order chi connectivity index (χ0) is 28.6. The van der Waals surface area contributed by atoms with Crippen LogP contribution in [0.25, 0.3) is 10.8 Å². The third-order valence-corrected chi connectivity index (χ3v) is 9.44. The van der Waals surface area contributed by atoms with E-state index in [1.165, 1.54) is 33.1 Å². The van der Waals surface area contributed by atoms with Gasteiger partial charge in [0.05, 0.1) is 5.69 Å². The first kappa shape index (κ1) is 24.9. The van der Waals surface area contributed by atoms with Gasteiger partial charge in [-0.1, -0.05) is 143 Å². The highest BCUT2D eigenvalue weighted by atomic mass is 16.2. The quantitative estimate of drug-likeness (QED) is 0.232. The molecule has 3 heteroatoms. The lowest BCUT2D eigenvalue weighted by molar-refractivity contribution is -0.120. The topological polar surface area (TPSA) is 20.3 Å². The fraction of sp³-hybridized carbons (Fsp3) is 0.103. The molecule has 0 N–H and O–H groups in total. The predicted octanol–water partition coefficient (Wildman–Crippen LogP) is 6.61. The fourth-order valence-corrected chi connectivity index (χ4v) is 7.94. The largest absolute Gasteiger partial charge is 0.280 e. The molecule has 2 aliphatic heterocycles. The Bertz CT molecular complexity index is 1980. The first-order chi connectivity index (χ1) is 20.5.